The SMILES string of the molecule is Nc1cc(F)c(Sc2cccs2)cc1C(=O)O. The van der Waals surface area contributed by atoms with Crippen molar-refractivity contribution in [3.8, 4) is 0 Å². The van der Waals surface area contributed by atoms with Crippen molar-refractivity contribution in [2.45, 2.75) is 9.10 Å². The predicted molar refractivity (Wildman–Crippen MR) is 66.2 cm³/mol. The van der Waals surface area contributed by atoms with Crippen molar-refractivity contribution in [3.05, 3.63) is 41.0 Å². The van der Waals surface area contributed by atoms with Gasteiger partial charge in [0.1, 0.15) is 5.82 Å². The van der Waals surface area contributed by atoms with E-state index < -0.39 is 11.8 Å². The Bertz CT molecular complexity index is 555. The summed E-state index contributed by atoms with van der Waals surface area (Å²) in [5.41, 5.74) is 5.29. The molecule has 3 nitrogen and oxygen atoms in total. The molecule has 1 heterocycles. The maximum Gasteiger partial charge on any atom is 0.337 e. The Labute approximate surface area is 105 Å². The first-order chi connectivity index (χ1) is 8.08. The third kappa shape index (κ3) is 2.59. The maximum absolute atomic E-state index is 13.6. The summed E-state index contributed by atoms with van der Waals surface area (Å²) in [4.78, 5) is 11.1. The first-order valence-electron chi connectivity index (χ1n) is 4.61. The van der Waals surface area contributed by atoms with E-state index in [-0.39, 0.29) is 16.1 Å². The van der Waals surface area contributed by atoms with Crippen LogP contribution in [0.5, 0.6) is 0 Å². The van der Waals surface area contributed by atoms with E-state index in [1.807, 2.05) is 17.5 Å². The van der Waals surface area contributed by atoms with Crippen molar-refractivity contribution in [1.82, 2.24) is 0 Å². The number of nitrogen functional groups attached to an aromatic ring is 1. The molecular weight excluding hydrogens is 261 g/mol. The Morgan fingerprint density at radius 3 is 2.82 bits per heavy atom. The molecule has 0 bridgehead atoms. The minimum absolute atomic E-state index is 0.0643. The number of thiophene rings is 1. The first kappa shape index (κ1) is 11.9. The summed E-state index contributed by atoms with van der Waals surface area (Å²) in [5, 5.41) is 10.8. The van der Waals surface area contributed by atoms with E-state index in [9.17, 15) is 9.18 Å². The van der Waals surface area contributed by atoms with Crippen LogP contribution in [-0.4, -0.2) is 11.1 Å². The van der Waals surface area contributed by atoms with Crippen LogP contribution >= 0.6 is 23.1 Å². The van der Waals surface area contributed by atoms with Gasteiger partial charge in [0, 0.05) is 10.6 Å². The lowest BCUT2D eigenvalue weighted by molar-refractivity contribution is 0.0697. The zero-order valence-corrected chi connectivity index (χ0v) is 10.1. The predicted octanol–water partition coefficient (Wildman–Crippen LogP) is 3.32. The molecule has 0 aliphatic heterocycles. The summed E-state index contributed by atoms with van der Waals surface area (Å²) in [7, 11) is 0. The molecule has 3 N–H and O–H groups in total. The van der Waals surface area contributed by atoms with Gasteiger partial charge in [-0.1, -0.05) is 17.8 Å². The average Bonchev–Trinajstić information content (AvgIpc) is 2.74. The molecule has 1 aromatic carbocycles. The van der Waals surface area contributed by atoms with Gasteiger partial charge in [0.2, 0.25) is 0 Å². The number of aromatic carboxylic acids is 1. The number of rotatable bonds is 3. The molecule has 0 aliphatic carbocycles. The highest BCUT2D eigenvalue weighted by atomic mass is 32.2. The van der Waals surface area contributed by atoms with Crippen LogP contribution in [0.3, 0.4) is 0 Å². The number of anilines is 1. The minimum atomic E-state index is -1.16. The van der Waals surface area contributed by atoms with Crippen LogP contribution in [0.25, 0.3) is 0 Å². The standard InChI is InChI=1S/C11H8FNO2S2/c12-7-5-8(13)6(11(14)15)4-9(7)17-10-2-1-3-16-10/h1-5H,13H2,(H,14,15). The summed E-state index contributed by atoms with van der Waals surface area (Å²) in [6.07, 6.45) is 0. The van der Waals surface area contributed by atoms with Gasteiger partial charge in [0.25, 0.3) is 0 Å². The topological polar surface area (TPSA) is 63.3 Å². The lowest BCUT2D eigenvalue weighted by Crippen LogP contribution is -2.03. The van der Waals surface area contributed by atoms with Crippen LogP contribution in [0.1, 0.15) is 10.4 Å². The first-order valence-corrected chi connectivity index (χ1v) is 6.31. The maximum atomic E-state index is 13.6. The van der Waals surface area contributed by atoms with Gasteiger partial charge in [-0.05, 0) is 23.6 Å². The fourth-order valence-electron chi connectivity index (χ4n) is 1.26. The van der Waals surface area contributed by atoms with Gasteiger partial charge in [-0.25, -0.2) is 9.18 Å². The summed E-state index contributed by atoms with van der Waals surface area (Å²) >= 11 is 2.65. The minimum Gasteiger partial charge on any atom is -0.478 e. The lowest BCUT2D eigenvalue weighted by Gasteiger charge is -2.05. The molecule has 88 valence electrons. The highest BCUT2D eigenvalue weighted by molar-refractivity contribution is 8.01. The molecule has 0 unspecified atom stereocenters. The van der Waals surface area contributed by atoms with Gasteiger partial charge in [0.15, 0.2) is 0 Å². The molecule has 0 fully saturated rings. The number of carboxylic acid groups (broad SMARTS) is 1. The molecule has 0 spiro atoms. The van der Waals surface area contributed by atoms with E-state index in [1.165, 1.54) is 29.2 Å². The van der Waals surface area contributed by atoms with E-state index >= 15 is 0 Å². The molecule has 17 heavy (non-hydrogen) atoms. The Kier molecular flexibility index (Phi) is 3.35. The molecular formula is C11H8FNO2S2. The quantitative estimate of drug-likeness (QED) is 0.839. The van der Waals surface area contributed by atoms with E-state index in [0.717, 1.165) is 10.3 Å². The normalized spacial score (nSPS) is 10.4. The van der Waals surface area contributed by atoms with Crippen LogP contribution < -0.4 is 5.73 Å². The molecule has 0 saturated carbocycles. The summed E-state index contributed by atoms with van der Waals surface area (Å²) in [6, 6.07) is 5.99. The molecule has 0 radical (unpaired) electrons. The number of hydrogen-bond donors (Lipinski definition) is 2. The molecule has 0 saturated heterocycles. The lowest BCUT2D eigenvalue weighted by atomic mass is 10.2. The van der Waals surface area contributed by atoms with Gasteiger partial charge in [-0.2, -0.15) is 0 Å². The van der Waals surface area contributed by atoms with Gasteiger partial charge >= 0.3 is 5.97 Å². The second kappa shape index (κ2) is 4.77. The van der Waals surface area contributed by atoms with E-state index in [2.05, 4.69) is 0 Å². The van der Waals surface area contributed by atoms with Crippen molar-refractivity contribution in [3.63, 3.8) is 0 Å². The molecule has 0 atom stereocenters. The van der Waals surface area contributed by atoms with Gasteiger partial charge in [-0.3, -0.25) is 0 Å². The Morgan fingerprint density at radius 2 is 2.24 bits per heavy atom. The van der Waals surface area contributed by atoms with Gasteiger partial charge in [0.05, 0.1) is 9.77 Å². The van der Waals surface area contributed by atoms with Crippen molar-refractivity contribution < 1.29 is 14.3 Å². The van der Waals surface area contributed by atoms with Crippen LogP contribution in [0.15, 0.2) is 38.8 Å². The molecule has 1 aromatic heterocycles. The van der Waals surface area contributed by atoms with Crippen LogP contribution in [-0.2, 0) is 0 Å². The third-order valence-corrected chi connectivity index (χ3v) is 4.11. The zero-order valence-electron chi connectivity index (χ0n) is 8.51. The Balaban J connectivity index is 2.40. The van der Waals surface area contributed by atoms with Crippen LogP contribution in [0, 0.1) is 5.82 Å². The molecule has 2 aromatic rings. The Hall–Kier alpha value is -1.53. The largest absolute Gasteiger partial charge is 0.478 e. The highest BCUT2D eigenvalue weighted by Gasteiger charge is 2.14. The van der Waals surface area contributed by atoms with Crippen molar-refractivity contribution >= 4 is 34.8 Å². The molecule has 6 heteroatoms. The molecule has 0 aliphatic rings. The number of carboxylic acids is 1. The zero-order chi connectivity index (χ0) is 12.4. The third-order valence-electron chi connectivity index (χ3n) is 2.04. The monoisotopic (exact) mass is 269 g/mol. The number of carbonyl (C=O) groups is 1. The summed E-state index contributed by atoms with van der Waals surface area (Å²) in [5.74, 6) is -1.67. The number of nitrogens with two attached hydrogens (primary N) is 1. The molecule has 0 amide bonds. The average molecular weight is 269 g/mol. The summed E-state index contributed by atoms with van der Waals surface area (Å²) < 4.78 is 14.5. The van der Waals surface area contributed by atoms with E-state index in [1.54, 1.807) is 0 Å². The van der Waals surface area contributed by atoms with E-state index in [4.69, 9.17) is 10.8 Å². The fraction of sp³-hybridized carbons (Fsp3) is 0. The van der Waals surface area contributed by atoms with Crippen LogP contribution in [0.4, 0.5) is 10.1 Å². The smallest absolute Gasteiger partial charge is 0.337 e. The van der Waals surface area contributed by atoms with Crippen molar-refractivity contribution in [2.75, 3.05) is 5.73 Å². The van der Waals surface area contributed by atoms with Crippen molar-refractivity contribution in [1.29, 1.82) is 0 Å². The van der Waals surface area contributed by atoms with Crippen LogP contribution in [0.2, 0.25) is 0 Å². The van der Waals surface area contributed by atoms with Gasteiger partial charge < -0.3 is 10.8 Å². The second-order valence-electron chi connectivity index (χ2n) is 3.21. The fourth-order valence-corrected chi connectivity index (χ4v) is 3.04. The Morgan fingerprint density at radius 1 is 1.47 bits per heavy atom. The molecule has 2 rings (SSSR count). The second-order valence-corrected chi connectivity index (χ2v) is 5.50. The highest BCUT2D eigenvalue weighted by Crippen LogP contribution is 2.34. The van der Waals surface area contributed by atoms with Gasteiger partial charge in [-0.15, -0.1) is 11.3 Å². The summed E-state index contributed by atoms with van der Waals surface area (Å²) in [6.45, 7) is 0. The number of hydrogen-bond acceptors (Lipinski definition) is 4. The number of benzene rings is 1. The van der Waals surface area contributed by atoms with E-state index in [0.29, 0.717) is 0 Å². The number of halogens is 1. The van der Waals surface area contributed by atoms with Crippen molar-refractivity contribution in [2.24, 2.45) is 0 Å².